The molecule has 150 valence electrons. The summed E-state index contributed by atoms with van der Waals surface area (Å²) in [7, 11) is 0. The van der Waals surface area contributed by atoms with E-state index in [1.54, 1.807) is 56.0 Å². The monoisotopic (exact) mass is 403 g/mol. The largest absolute Gasteiger partial charge is 0.507 e. The van der Waals surface area contributed by atoms with E-state index in [0.29, 0.717) is 11.1 Å². The molecule has 1 aromatic carbocycles. The minimum Gasteiger partial charge on any atom is -0.507 e. The van der Waals surface area contributed by atoms with Crippen LogP contribution in [0.15, 0.2) is 72.8 Å². The lowest BCUT2D eigenvalue weighted by Gasteiger charge is -2.25. The first-order chi connectivity index (χ1) is 14.5. The lowest BCUT2D eigenvalue weighted by Crippen LogP contribution is -2.29. The average molecular weight is 403 g/mol. The van der Waals surface area contributed by atoms with E-state index in [0.717, 1.165) is 11.6 Å². The highest BCUT2D eigenvalue weighted by Gasteiger charge is 2.46. The number of carbonyl (C=O) groups is 2. The Labute approximate surface area is 172 Å². The van der Waals surface area contributed by atoms with E-state index in [-0.39, 0.29) is 17.7 Å². The summed E-state index contributed by atoms with van der Waals surface area (Å²) in [5.74, 6) is -2.49. The Bertz CT molecular complexity index is 1150. The van der Waals surface area contributed by atoms with Gasteiger partial charge in [-0.2, -0.15) is 0 Å². The van der Waals surface area contributed by atoms with Gasteiger partial charge in [0, 0.05) is 36.9 Å². The Kier molecular flexibility index (Phi) is 5.10. The molecule has 6 nitrogen and oxygen atoms in total. The molecule has 0 radical (unpaired) electrons. The lowest BCUT2D eigenvalue weighted by molar-refractivity contribution is -0.140. The molecule has 1 amide bonds. The number of hydrogen-bond acceptors (Lipinski definition) is 5. The van der Waals surface area contributed by atoms with Gasteiger partial charge < -0.3 is 10.0 Å². The second-order valence-corrected chi connectivity index (χ2v) is 7.03. The van der Waals surface area contributed by atoms with Crippen molar-refractivity contribution in [3.63, 3.8) is 0 Å². The zero-order valence-corrected chi connectivity index (χ0v) is 16.1. The molecular weight excluding hydrogens is 385 g/mol. The fraction of sp³-hybridized carbons (Fsp3) is 0.130. The first-order valence-electron chi connectivity index (χ1n) is 9.31. The average Bonchev–Trinajstić information content (AvgIpc) is 3.01. The number of pyridine rings is 2. The van der Waals surface area contributed by atoms with Crippen molar-refractivity contribution in [2.75, 3.05) is 0 Å². The van der Waals surface area contributed by atoms with Crippen LogP contribution in [-0.2, 0) is 16.1 Å². The molecule has 1 fully saturated rings. The highest BCUT2D eigenvalue weighted by molar-refractivity contribution is 6.46. The lowest BCUT2D eigenvalue weighted by atomic mass is 9.95. The van der Waals surface area contributed by atoms with Gasteiger partial charge >= 0.3 is 0 Å². The number of benzene rings is 1. The molecule has 0 aliphatic carbocycles. The first-order valence-corrected chi connectivity index (χ1v) is 9.31. The SMILES string of the molecule is Cc1ccc(/C(O)=C2\C(=O)C(=O)N(Cc3cccnc3)C2c2ccncc2)cc1F. The molecule has 7 heteroatoms. The number of carbonyl (C=O) groups excluding carboxylic acids is 2. The molecule has 1 saturated heterocycles. The van der Waals surface area contributed by atoms with Gasteiger partial charge in [0.15, 0.2) is 0 Å². The number of likely N-dealkylation sites (tertiary alicyclic amines) is 1. The molecule has 0 saturated carbocycles. The van der Waals surface area contributed by atoms with Crippen molar-refractivity contribution >= 4 is 17.4 Å². The predicted octanol–water partition coefficient (Wildman–Crippen LogP) is 3.55. The number of aryl methyl sites for hydroxylation is 1. The first kappa shape index (κ1) is 19.4. The topological polar surface area (TPSA) is 83.4 Å². The van der Waals surface area contributed by atoms with Crippen LogP contribution in [0.1, 0.15) is 28.3 Å². The van der Waals surface area contributed by atoms with Crippen LogP contribution in [-0.4, -0.2) is 31.7 Å². The summed E-state index contributed by atoms with van der Waals surface area (Å²) in [6.45, 7) is 1.73. The van der Waals surface area contributed by atoms with E-state index >= 15 is 0 Å². The van der Waals surface area contributed by atoms with Crippen molar-refractivity contribution in [2.24, 2.45) is 0 Å². The quantitative estimate of drug-likeness (QED) is 0.409. The molecule has 30 heavy (non-hydrogen) atoms. The predicted molar refractivity (Wildman–Crippen MR) is 107 cm³/mol. The van der Waals surface area contributed by atoms with Crippen LogP contribution >= 0.6 is 0 Å². The van der Waals surface area contributed by atoms with Gasteiger partial charge in [-0.25, -0.2) is 4.39 Å². The summed E-state index contributed by atoms with van der Waals surface area (Å²) in [6.07, 6.45) is 6.32. The number of ketones is 1. The zero-order chi connectivity index (χ0) is 21.3. The van der Waals surface area contributed by atoms with Crippen LogP contribution in [0.25, 0.3) is 5.76 Å². The van der Waals surface area contributed by atoms with Gasteiger partial charge in [0.2, 0.25) is 0 Å². The van der Waals surface area contributed by atoms with E-state index in [1.807, 2.05) is 0 Å². The second-order valence-electron chi connectivity index (χ2n) is 7.03. The number of nitrogens with zero attached hydrogens (tertiary/aromatic N) is 3. The number of rotatable bonds is 4. The van der Waals surface area contributed by atoms with Gasteiger partial charge in [0.1, 0.15) is 11.6 Å². The molecule has 1 atom stereocenters. The van der Waals surface area contributed by atoms with E-state index in [1.165, 1.54) is 17.0 Å². The molecule has 3 aromatic rings. The van der Waals surface area contributed by atoms with Gasteiger partial charge in [0.05, 0.1) is 11.6 Å². The molecule has 1 unspecified atom stereocenters. The smallest absolute Gasteiger partial charge is 0.295 e. The summed E-state index contributed by atoms with van der Waals surface area (Å²) < 4.78 is 14.1. The van der Waals surface area contributed by atoms with Gasteiger partial charge in [0.25, 0.3) is 11.7 Å². The van der Waals surface area contributed by atoms with Crippen LogP contribution in [0.3, 0.4) is 0 Å². The zero-order valence-electron chi connectivity index (χ0n) is 16.1. The summed E-state index contributed by atoms with van der Waals surface area (Å²) in [6, 6.07) is 10.2. The maximum atomic E-state index is 14.1. The van der Waals surface area contributed by atoms with E-state index in [4.69, 9.17) is 0 Å². The number of hydrogen-bond donors (Lipinski definition) is 1. The van der Waals surface area contributed by atoms with Crippen LogP contribution in [0.5, 0.6) is 0 Å². The van der Waals surface area contributed by atoms with E-state index in [9.17, 15) is 19.1 Å². The number of aliphatic hydroxyl groups is 1. The Morgan fingerprint density at radius 1 is 1.10 bits per heavy atom. The Morgan fingerprint density at radius 3 is 2.53 bits per heavy atom. The van der Waals surface area contributed by atoms with E-state index < -0.39 is 29.3 Å². The van der Waals surface area contributed by atoms with Crippen molar-refractivity contribution in [1.29, 1.82) is 0 Å². The van der Waals surface area contributed by atoms with Crippen molar-refractivity contribution in [2.45, 2.75) is 19.5 Å². The number of amides is 1. The van der Waals surface area contributed by atoms with Crippen LogP contribution in [0, 0.1) is 12.7 Å². The highest BCUT2D eigenvalue weighted by Crippen LogP contribution is 2.40. The minimum absolute atomic E-state index is 0.0849. The molecule has 1 aliphatic heterocycles. The van der Waals surface area contributed by atoms with Crippen molar-refractivity contribution in [3.8, 4) is 0 Å². The summed E-state index contributed by atoms with van der Waals surface area (Å²) >= 11 is 0. The summed E-state index contributed by atoms with van der Waals surface area (Å²) in [5.41, 5.74) is 1.81. The normalized spacial score (nSPS) is 18.1. The molecular formula is C23H18FN3O3. The van der Waals surface area contributed by atoms with Crippen molar-refractivity contribution in [1.82, 2.24) is 14.9 Å². The van der Waals surface area contributed by atoms with Crippen LogP contribution in [0.2, 0.25) is 0 Å². The van der Waals surface area contributed by atoms with Crippen LogP contribution < -0.4 is 0 Å². The third-order valence-electron chi connectivity index (χ3n) is 5.08. The number of halogens is 1. The molecule has 3 heterocycles. The fourth-order valence-corrected chi connectivity index (χ4v) is 3.52. The number of Topliss-reactive ketones (excluding diaryl/α,β-unsaturated/α-hetero) is 1. The molecule has 4 rings (SSSR count). The van der Waals surface area contributed by atoms with Crippen molar-refractivity contribution in [3.05, 3.63) is 101 Å². The standard InChI is InChI=1S/C23H18FN3O3/c1-14-4-5-17(11-18(14)24)21(28)19-20(16-6-9-25-10-7-16)27(23(30)22(19)29)13-15-3-2-8-26-12-15/h2-12,20,28H,13H2,1H3/b21-19+. The highest BCUT2D eigenvalue weighted by atomic mass is 19.1. The Balaban J connectivity index is 1.86. The minimum atomic E-state index is -0.836. The van der Waals surface area contributed by atoms with E-state index in [2.05, 4.69) is 9.97 Å². The molecule has 0 spiro atoms. The third kappa shape index (κ3) is 3.45. The summed E-state index contributed by atoms with van der Waals surface area (Å²) in [5, 5.41) is 10.9. The van der Waals surface area contributed by atoms with Gasteiger partial charge in [-0.15, -0.1) is 0 Å². The van der Waals surface area contributed by atoms with Gasteiger partial charge in [-0.05, 0) is 47.9 Å². The molecule has 1 N–H and O–H groups in total. The van der Waals surface area contributed by atoms with Crippen LogP contribution in [0.4, 0.5) is 4.39 Å². The maximum Gasteiger partial charge on any atom is 0.295 e. The van der Waals surface area contributed by atoms with Crippen molar-refractivity contribution < 1.29 is 19.1 Å². The van der Waals surface area contributed by atoms with Gasteiger partial charge in [-0.1, -0.05) is 18.2 Å². The summed E-state index contributed by atoms with van der Waals surface area (Å²) in [4.78, 5) is 35.2. The Morgan fingerprint density at radius 2 is 1.87 bits per heavy atom. The molecule has 1 aliphatic rings. The fourth-order valence-electron chi connectivity index (χ4n) is 3.52. The third-order valence-corrected chi connectivity index (χ3v) is 5.08. The van der Waals surface area contributed by atoms with Gasteiger partial charge in [-0.3, -0.25) is 19.6 Å². The second kappa shape index (κ2) is 7.87. The molecule has 0 bridgehead atoms. The maximum absolute atomic E-state index is 14.1. The number of aliphatic hydroxyl groups excluding tert-OH is 1. The number of aromatic nitrogens is 2. The molecule has 2 aromatic heterocycles. The Hall–Kier alpha value is -3.87.